The van der Waals surface area contributed by atoms with E-state index in [1.165, 1.54) is 4.90 Å². The summed E-state index contributed by atoms with van der Waals surface area (Å²) >= 11 is 1.57. The molecule has 2 aliphatic heterocycles. The number of rotatable bonds is 5. The second-order valence-corrected chi connectivity index (χ2v) is 9.59. The number of urea groups is 1. The topological polar surface area (TPSA) is 120 Å². The van der Waals surface area contributed by atoms with Crippen LogP contribution in [0.1, 0.15) is 39.3 Å². The van der Waals surface area contributed by atoms with E-state index in [2.05, 4.69) is 20.9 Å². The standard InChI is InChI=1S/C25H23N5O4S/c1-14-27-20(13-35-14)16-3-2-4-18(10-16)28-25(34)26-11-15-5-6-19-17(9-15)12-30(24(19)33)21-7-8-22(31)29-23(21)32/h2-6,9-10,13,21H,7-8,11-12H2,1H3,(H2,26,28,34)(H,29,31,32). The van der Waals surface area contributed by atoms with Crippen molar-refractivity contribution >= 4 is 40.8 Å². The maximum Gasteiger partial charge on any atom is 0.319 e. The third-order valence-electron chi connectivity index (χ3n) is 6.08. The summed E-state index contributed by atoms with van der Waals surface area (Å²) in [7, 11) is 0. The van der Waals surface area contributed by atoms with Crippen LogP contribution in [-0.4, -0.2) is 39.7 Å². The maximum absolute atomic E-state index is 12.8. The van der Waals surface area contributed by atoms with Crippen molar-refractivity contribution in [2.45, 2.75) is 38.9 Å². The van der Waals surface area contributed by atoms with Crippen LogP contribution in [-0.2, 0) is 22.7 Å². The second-order valence-electron chi connectivity index (χ2n) is 8.53. The molecule has 2 aliphatic rings. The highest BCUT2D eigenvalue weighted by Crippen LogP contribution is 2.28. The van der Waals surface area contributed by atoms with Gasteiger partial charge in [-0.3, -0.25) is 19.7 Å². The van der Waals surface area contributed by atoms with Crippen LogP contribution in [0.2, 0.25) is 0 Å². The quantitative estimate of drug-likeness (QED) is 0.476. The van der Waals surface area contributed by atoms with E-state index in [-0.39, 0.29) is 30.8 Å². The molecule has 9 nitrogen and oxygen atoms in total. The molecule has 1 saturated heterocycles. The van der Waals surface area contributed by atoms with Gasteiger partial charge in [-0.2, -0.15) is 0 Å². The number of aromatic nitrogens is 1. The Balaban J connectivity index is 1.20. The number of hydrogen-bond donors (Lipinski definition) is 3. The fourth-order valence-electron chi connectivity index (χ4n) is 4.35. The highest BCUT2D eigenvalue weighted by atomic mass is 32.1. The second kappa shape index (κ2) is 9.30. The number of carbonyl (C=O) groups excluding carboxylic acids is 4. The number of hydrogen-bond acceptors (Lipinski definition) is 6. The Hall–Kier alpha value is -4.05. The molecule has 0 aliphatic carbocycles. The molecule has 1 unspecified atom stereocenters. The van der Waals surface area contributed by atoms with Crippen LogP contribution in [0.3, 0.4) is 0 Å². The van der Waals surface area contributed by atoms with Crippen molar-refractivity contribution in [2.24, 2.45) is 0 Å². The molecule has 1 fully saturated rings. The number of nitrogens with zero attached hydrogens (tertiary/aromatic N) is 2. The molecule has 2 aromatic carbocycles. The molecule has 10 heteroatoms. The number of fused-ring (bicyclic) bond motifs is 1. The number of piperidine rings is 1. The lowest BCUT2D eigenvalue weighted by Crippen LogP contribution is -2.52. The Morgan fingerprint density at radius 1 is 1.20 bits per heavy atom. The molecule has 0 saturated carbocycles. The molecule has 3 heterocycles. The highest BCUT2D eigenvalue weighted by molar-refractivity contribution is 7.09. The lowest BCUT2D eigenvalue weighted by molar-refractivity contribution is -0.136. The fraction of sp³-hybridized carbons (Fsp3) is 0.240. The number of thiazole rings is 1. The summed E-state index contributed by atoms with van der Waals surface area (Å²) in [5, 5.41) is 10.9. The van der Waals surface area contributed by atoms with E-state index in [0.29, 0.717) is 24.2 Å². The van der Waals surface area contributed by atoms with E-state index in [0.717, 1.165) is 27.4 Å². The molecular formula is C25H23N5O4S. The minimum Gasteiger partial charge on any atom is -0.334 e. The lowest BCUT2D eigenvalue weighted by Gasteiger charge is -2.29. The highest BCUT2D eigenvalue weighted by Gasteiger charge is 2.39. The molecule has 178 valence electrons. The first-order chi connectivity index (χ1) is 16.9. The van der Waals surface area contributed by atoms with E-state index in [1.807, 2.05) is 42.6 Å². The maximum atomic E-state index is 12.8. The lowest BCUT2D eigenvalue weighted by atomic mass is 10.0. The van der Waals surface area contributed by atoms with Gasteiger partial charge in [-0.15, -0.1) is 11.3 Å². The molecule has 1 atom stereocenters. The number of aryl methyl sites for hydroxylation is 1. The largest absolute Gasteiger partial charge is 0.334 e. The zero-order chi connectivity index (χ0) is 24.5. The summed E-state index contributed by atoms with van der Waals surface area (Å²) in [4.78, 5) is 54.9. The minimum absolute atomic E-state index is 0.215. The van der Waals surface area contributed by atoms with Gasteiger partial charge in [0, 0.05) is 41.7 Å². The van der Waals surface area contributed by atoms with Crippen LogP contribution >= 0.6 is 11.3 Å². The third kappa shape index (κ3) is 4.78. The molecular weight excluding hydrogens is 466 g/mol. The average Bonchev–Trinajstić information content (AvgIpc) is 3.41. The Labute approximate surface area is 205 Å². The van der Waals surface area contributed by atoms with Gasteiger partial charge in [0.15, 0.2) is 0 Å². The van der Waals surface area contributed by atoms with E-state index >= 15 is 0 Å². The van der Waals surface area contributed by atoms with Crippen LogP contribution < -0.4 is 16.0 Å². The van der Waals surface area contributed by atoms with Gasteiger partial charge in [-0.25, -0.2) is 9.78 Å². The predicted octanol–water partition coefficient (Wildman–Crippen LogP) is 3.20. The first kappa shape index (κ1) is 22.7. The van der Waals surface area contributed by atoms with Gasteiger partial charge in [-0.05, 0) is 42.7 Å². The fourth-order valence-corrected chi connectivity index (χ4v) is 4.97. The molecule has 5 amide bonds. The Kier molecular flexibility index (Phi) is 6.04. The van der Waals surface area contributed by atoms with Crippen molar-refractivity contribution < 1.29 is 19.2 Å². The number of carbonyl (C=O) groups is 4. The van der Waals surface area contributed by atoms with Crippen LogP contribution in [0, 0.1) is 6.92 Å². The molecule has 5 rings (SSSR count). The predicted molar refractivity (Wildman–Crippen MR) is 131 cm³/mol. The van der Waals surface area contributed by atoms with E-state index in [9.17, 15) is 19.2 Å². The van der Waals surface area contributed by atoms with Crippen LogP contribution in [0.25, 0.3) is 11.3 Å². The minimum atomic E-state index is -0.649. The summed E-state index contributed by atoms with van der Waals surface area (Å²) in [6.45, 7) is 2.52. The van der Waals surface area contributed by atoms with Crippen LogP contribution in [0.15, 0.2) is 47.8 Å². The normalized spacial score (nSPS) is 17.2. The molecule has 0 radical (unpaired) electrons. The number of benzene rings is 2. The van der Waals surface area contributed by atoms with E-state index < -0.39 is 11.9 Å². The SMILES string of the molecule is Cc1nc(-c2cccc(NC(=O)NCc3ccc4c(c3)CN(C3CCC(=O)NC3=O)C4=O)c2)cs1. The van der Waals surface area contributed by atoms with E-state index in [4.69, 9.17) is 0 Å². The summed E-state index contributed by atoms with van der Waals surface area (Å²) in [5.74, 6) is -0.969. The summed E-state index contributed by atoms with van der Waals surface area (Å²) in [5.41, 5.74) is 4.63. The Bertz CT molecular complexity index is 1350. The smallest absolute Gasteiger partial charge is 0.319 e. The summed E-state index contributed by atoms with van der Waals surface area (Å²) < 4.78 is 0. The van der Waals surface area contributed by atoms with Crippen LogP contribution in [0.4, 0.5) is 10.5 Å². The molecule has 35 heavy (non-hydrogen) atoms. The van der Waals surface area contributed by atoms with Crippen LogP contribution in [0.5, 0.6) is 0 Å². The zero-order valence-electron chi connectivity index (χ0n) is 19.0. The van der Waals surface area contributed by atoms with Gasteiger partial charge in [-0.1, -0.05) is 24.3 Å². The summed E-state index contributed by atoms with van der Waals surface area (Å²) in [6, 6.07) is 11.9. The van der Waals surface area contributed by atoms with Crippen molar-refractivity contribution in [3.05, 3.63) is 69.5 Å². The van der Waals surface area contributed by atoms with Crippen molar-refractivity contribution in [1.82, 2.24) is 20.5 Å². The first-order valence-electron chi connectivity index (χ1n) is 11.2. The van der Waals surface area contributed by atoms with Gasteiger partial charge in [0.2, 0.25) is 11.8 Å². The molecule has 0 bridgehead atoms. The molecule has 3 N–H and O–H groups in total. The van der Waals surface area contributed by atoms with Gasteiger partial charge < -0.3 is 15.5 Å². The van der Waals surface area contributed by atoms with Gasteiger partial charge in [0.25, 0.3) is 5.91 Å². The number of nitrogens with one attached hydrogen (secondary N) is 3. The Morgan fingerprint density at radius 3 is 2.83 bits per heavy atom. The number of amides is 5. The summed E-state index contributed by atoms with van der Waals surface area (Å²) in [6.07, 6.45) is 0.537. The van der Waals surface area contributed by atoms with Gasteiger partial charge >= 0.3 is 6.03 Å². The molecule has 3 aromatic rings. The van der Waals surface area contributed by atoms with E-state index in [1.54, 1.807) is 23.5 Å². The monoisotopic (exact) mass is 489 g/mol. The molecule has 0 spiro atoms. The number of anilines is 1. The Morgan fingerprint density at radius 2 is 2.06 bits per heavy atom. The van der Waals surface area contributed by atoms with Crippen molar-refractivity contribution in [1.29, 1.82) is 0 Å². The van der Waals surface area contributed by atoms with Crippen molar-refractivity contribution in [3.8, 4) is 11.3 Å². The third-order valence-corrected chi connectivity index (χ3v) is 6.85. The van der Waals surface area contributed by atoms with Gasteiger partial charge in [0.1, 0.15) is 6.04 Å². The van der Waals surface area contributed by atoms with Crippen molar-refractivity contribution in [3.63, 3.8) is 0 Å². The average molecular weight is 490 g/mol. The zero-order valence-corrected chi connectivity index (χ0v) is 19.8. The van der Waals surface area contributed by atoms with Gasteiger partial charge in [0.05, 0.1) is 10.7 Å². The number of imide groups is 1. The molecule has 1 aromatic heterocycles. The first-order valence-corrected chi connectivity index (χ1v) is 12.1. The van der Waals surface area contributed by atoms with Crippen molar-refractivity contribution in [2.75, 3.05) is 5.32 Å².